The Morgan fingerprint density at radius 1 is 1.00 bits per heavy atom. The van der Waals surface area contributed by atoms with Gasteiger partial charge in [-0.25, -0.2) is 4.98 Å². The van der Waals surface area contributed by atoms with E-state index in [0.29, 0.717) is 17.4 Å². The van der Waals surface area contributed by atoms with Crippen molar-refractivity contribution in [3.63, 3.8) is 0 Å². The summed E-state index contributed by atoms with van der Waals surface area (Å²) in [4.78, 5) is 17.7. The number of aromatic nitrogens is 3. The highest BCUT2D eigenvalue weighted by molar-refractivity contribution is 5.94. The number of fused-ring (bicyclic) bond motifs is 1. The van der Waals surface area contributed by atoms with Crippen molar-refractivity contribution in [2.24, 2.45) is 0 Å². The normalized spacial score (nSPS) is 11.9. The van der Waals surface area contributed by atoms with Crippen molar-refractivity contribution in [1.29, 1.82) is 0 Å². The lowest BCUT2D eigenvalue weighted by Gasteiger charge is -2.16. The van der Waals surface area contributed by atoms with Gasteiger partial charge in [-0.1, -0.05) is 18.2 Å². The van der Waals surface area contributed by atoms with E-state index in [9.17, 15) is 4.79 Å². The number of carbonyl (C=O) groups excluding carboxylic acids is 1. The van der Waals surface area contributed by atoms with Crippen LogP contribution in [-0.4, -0.2) is 33.9 Å². The third-order valence-electron chi connectivity index (χ3n) is 5.28. The van der Waals surface area contributed by atoms with Gasteiger partial charge in [-0.3, -0.25) is 4.79 Å². The fourth-order valence-corrected chi connectivity index (χ4v) is 3.56. The maximum Gasteiger partial charge on any atom is 0.266 e. The van der Waals surface area contributed by atoms with Crippen molar-refractivity contribution < 1.29 is 14.3 Å². The average molecular weight is 431 g/mol. The molecule has 1 amide bonds. The van der Waals surface area contributed by atoms with E-state index in [2.05, 4.69) is 16.5 Å². The van der Waals surface area contributed by atoms with Crippen molar-refractivity contribution in [1.82, 2.24) is 14.8 Å². The number of pyridine rings is 1. The Balaban J connectivity index is 1.59. The van der Waals surface area contributed by atoms with E-state index >= 15 is 0 Å². The molecule has 4 rings (SSSR count). The standard InChI is InChI=1S/C25H26N4O3/c1-15-7-6-8-21-16(2)13-22(26-24(15)21)29-23(14-17(3)28-29)27-25(30)18(4)32-20-11-9-19(31-5)10-12-20/h6-14,18H,1-5H3,(H,27,30). The maximum absolute atomic E-state index is 12.8. The number of nitrogens with zero attached hydrogens (tertiary/aromatic N) is 3. The molecule has 2 aromatic carbocycles. The molecule has 0 saturated carbocycles. The van der Waals surface area contributed by atoms with Crippen molar-refractivity contribution in [2.75, 3.05) is 12.4 Å². The van der Waals surface area contributed by atoms with E-state index in [1.165, 1.54) is 0 Å². The topological polar surface area (TPSA) is 78.3 Å². The molecule has 164 valence electrons. The van der Waals surface area contributed by atoms with E-state index in [4.69, 9.17) is 14.5 Å². The molecule has 0 saturated heterocycles. The number of aryl methyl sites for hydroxylation is 3. The summed E-state index contributed by atoms with van der Waals surface area (Å²) in [6.45, 7) is 7.66. The van der Waals surface area contributed by atoms with E-state index < -0.39 is 6.10 Å². The molecule has 0 bridgehead atoms. The molecule has 1 unspecified atom stereocenters. The van der Waals surface area contributed by atoms with Crippen LogP contribution in [0.3, 0.4) is 0 Å². The number of nitrogens with one attached hydrogen (secondary N) is 1. The minimum atomic E-state index is -0.708. The SMILES string of the molecule is COc1ccc(OC(C)C(=O)Nc2cc(C)nn2-c2cc(C)c3cccc(C)c3n2)cc1. The fourth-order valence-electron chi connectivity index (χ4n) is 3.56. The second kappa shape index (κ2) is 8.70. The molecule has 4 aromatic rings. The molecule has 32 heavy (non-hydrogen) atoms. The van der Waals surface area contributed by atoms with Gasteiger partial charge in [0.15, 0.2) is 11.9 Å². The van der Waals surface area contributed by atoms with Gasteiger partial charge in [0.25, 0.3) is 5.91 Å². The van der Waals surface area contributed by atoms with Gasteiger partial charge in [0.1, 0.15) is 17.3 Å². The molecule has 0 aliphatic carbocycles. The van der Waals surface area contributed by atoms with E-state index in [1.807, 2.05) is 45.0 Å². The third kappa shape index (κ3) is 4.27. The van der Waals surface area contributed by atoms with Crippen LogP contribution in [0.4, 0.5) is 5.82 Å². The minimum Gasteiger partial charge on any atom is -0.497 e. The Kier molecular flexibility index (Phi) is 5.81. The Morgan fingerprint density at radius 3 is 2.44 bits per heavy atom. The summed E-state index contributed by atoms with van der Waals surface area (Å²) in [5.74, 6) is 2.22. The summed E-state index contributed by atoms with van der Waals surface area (Å²) in [5, 5.41) is 8.59. The quantitative estimate of drug-likeness (QED) is 0.477. The van der Waals surface area contributed by atoms with Crippen LogP contribution in [0.1, 0.15) is 23.7 Å². The number of methoxy groups -OCH3 is 1. The van der Waals surface area contributed by atoms with Gasteiger partial charge in [-0.2, -0.15) is 9.78 Å². The number of hydrogen-bond acceptors (Lipinski definition) is 5. The Bertz CT molecular complexity index is 1280. The molecule has 0 radical (unpaired) electrons. The molecule has 7 heteroatoms. The summed E-state index contributed by atoms with van der Waals surface area (Å²) in [5.41, 5.74) is 3.87. The number of ether oxygens (including phenoxy) is 2. The molecule has 0 aliphatic heterocycles. The number of rotatable bonds is 6. The zero-order valence-electron chi connectivity index (χ0n) is 18.8. The first kappa shape index (κ1) is 21.4. The van der Waals surface area contributed by atoms with Crippen LogP contribution in [-0.2, 0) is 4.79 Å². The third-order valence-corrected chi connectivity index (χ3v) is 5.28. The number of benzene rings is 2. The first-order chi connectivity index (χ1) is 15.4. The summed E-state index contributed by atoms with van der Waals surface area (Å²) in [6.07, 6.45) is -0.708. The van der Waals surface area contributed by atoms with Gasteiger partial charge in [0.2, 0.25) is 0 Å². The molecule has 0 aliphatic rings. The number of carbonyl (C=O) groups is 1. The van der Waals surface area contributed by atoms with Crippen molar-refractivity contribution >= 4 is 22.6 Å². The lowest BCUT2D eigenvalue weighted by Crippen LogP contribution is -2.31. The van der Waals surface area contributed by atoms with Crippen LogP contribution in [0.25, 0.3) is 16.7 Å². The minimum absolute atomic E-state index is 0.282. The number of anilines is 1. The van der Waals surface area contributed by atoms with Gasteiger partial charge in [-0.05, 0) is 69.2 Å². The molecular weight excluding hydrogens is 404 g/mol. The van der Waals surface area contributed by atoms with E-state index in [-0.39, 0.29) is 5.91 Å². The van der Waals surface area contributed by atoms with Crippen LogP contribution in [0.2, 0.25) is 0 Å². The van der Waals surface area contributed by atoms with Gasteiger partial charge in [-0.15, -0.1) is 0 Å². The van der Waals surface area contributed by atoms with Crippen molar-refractivity contribution in [2.45, 2.75) is 33.8 Å². The Morgan fingerprint density at radius 2 is 1.72 bits per heavy atom. The number of hydrogen-bond donors (Lipinski definition) is 1. The lowest BCUT2D eigenvalue weighted by atomic mass is 10.1. The molecule has 2 aromatic heterocycles. The molecule has 0 spiro atoms. The summed E-state index contributed by atoms with van der Waals surface area (Å²) in [7, 11) is 1.60. The van der Waals surface area contributed by atoms with Crippen LogP contribution in [0.5, 0.6) is 11.5 Å². The molecule has 7 nitrogen and oxygen atoms in total. The van der Waals surface area contributed by atoms with E-state index in [1.54, 1.807) is 43.0 Å². The monoisotopic (exact) mass is 430 g/mol. The second-order valence-electron chi connectivity index (χ2n) is 7.78. The van der Waals surface area contributed by atoms with Crippen LogP contribution < -0.4 is 14.8 Å². The molecule has 2 heterocycles. The van der Waals surface area contributed by atoms with Crippen LogP contribution >= 0.6 is 0 Å². The van der Waals surface area contributed by atoms with Gasteiger partial charge in [0.05, 0.1) is 18.3 Å². The van der Waals surface area contributed by atoms with Crippen LogP contribution in [0.15, 0.2) is 54.6 Å². The summed E-state index contributed by atoms with van der Waals surface area (Å²) < 4.78 is 12.6. The van der Waals surface area contributed by atoms with Crippen molar-refractivity contribution in [3.05, 3.63) is 71.4 Å². The largest absolute Gasteiger partial charge is 0.497 e. The molecule has 0 fully saturated rings. The Hall–Kier alpha value is -3.87. The van der Waals surface area contributed by atoms with Gasteiger partial charge < -0.3 is 14.8 Å². The van der Waals surface area contributed by atoms with Crippen molar-refractivity contribution in [3.8, 4) is 17.3 Å². The van der Waals surface area contributed by atoms with E-state index in [0.717, 1.165) is 33.5 Å². The second-order valence-corrected chi connectivity index (χ2v) is 7.78. The zero-order valence-corrected chi connectivity index (χ0v) is 18.8. The molecule has 1 atom stereocenters. The smallest absolute Gasteiger partial charge is 0.266 e. The average Bonchev–Trinajstić information content (AvgIpc) is 3.14. The Labute approximate surface area is 187 Å². The molecule has 1 N–H and O–H groups in total. The highest BCUT2D eigenvalue weighted by Crippen LogP contribution is 2.25. The zero-order chi connectivity index (χ0) is 22.8. The maximum atomic E-state index is 12.8. The number of para-hydroxylation sites is 1. The first-order valence-electron chi connectivity index (χ1n) is 10.4. The summed E-state index contributed by atoms with van der Waals surface area (Å²) in [6, 6.07) is 17.0. The molecular formula is C25H26N4O3. The first-order valence-corrected chi connectivity index (χ1v) is 10.4. The highest BCUT2D eigenvalue weighted by Gasteiger charge is 2.19. The van der Waals surface area contributed by atoms with Gasteiger partial charge >= 0.3 is 0 Å². The number of amides is 1. The predicted molar refractivity (Wildman–Crippen MR) is 125 cm³/mol. The predicted octanol–water partition coefficient (Wildman–Crippen LogP) is 4.76. The highest BCUT2D eigenvalue weighted by atomic mass is 16.5. The fraction of sp³-hybridized carbons (Fsp3) is 0.240. The summed E-state index contributed by atoms with van der Waals surface area (Å²) >= 11 is 0. The lowest BCUT2D eigenvalue weighted by molar-refractivity contribution is -0.122. The van der Waals surface area contributed by atoms with Gasteiger partial charge in [0, 0.05) is 11.5 Å². The van der Waals surface area contributed by atoms with Crippen LogP contribution in [0, 0.1) is 20.8 Å².